The summed E-state index contributed by atoms with van der Waals surface area (Å²) in [6.45, 7) is 3.60. The highest BCUT2D eigenvalue weighted by Gasteiger charge is 2.44. The third kappa shape index (κ3) is 5.62. The number of benzene rings is 1. The Bertz CT molecular complexity index is 836. The molecule has 7 heteroatoms. The highest BCUT2D eigenvalue weighted by molar-refractivity contribution is 5.81. The van der Waals surface area contributed by atoms with Crippen LogP contribution in [0.3, 0.4) is 0 Å². The second-order valence-corrected chi connectivity index (χ2v) is 7.85. The largest absolute Gasteiger partial charge is 0.494 e. The molecule has 0 aliphatic carbocycles. The van der Waals surface area contributed by atoms with Crippen LogP contribution in [0.1, 0.15) is 38.2 Å². The lowest BCUT2D eigenvalue weighted by molar-refractivity contribution is -0.162. The van der Waals surface area contributed by atoms with Crippen molar-refractivity contribution in [3.8, 4) is 5.75 Å². The van der Waals surface area contributed by atoms with E-state index < -0.39 is 5.41 Å². The molecule has 2 heterocycles. The van der Waals surface area contributed by atoms with Gasteiger partial charge in [0.25, 0.3) is 0 Å². The van der Waals surface area contributed by atoms with Crippen LogP contribution in [0.25, 0.3) is 0 Å². The molecule has 0 bridgehead atoms. The van der Waals surface area contributed by atoms with Crippen molar-refractivity contribution in [1.82, 2.24) is 14.7 Å². The lowest BCUT2D eigenvalue weighted by Gasteiger charge is -2.41. The number of likely N-dealkylation sites (tertiary alicyclic amines) is 1. The summed E-state index contributed by atoms with van der Waals surface area (Å²) < 4.78 is 13.0. The number of hydrogen-bond donors (Lipinski definition) is 0. The SMILES string of the molecule is CCOC(=O)C1(CCOc2ccccc2)CCCN(C(=O)CCc2cnn(C)c2)C1. The molecule has 1 atom stereocenters. The van der Waals surface area contributed by atoms with Crippen molar-refractivity contribution in [3.05, 3.63) is 48.3 Å². The quantitative estimate of drug-likeness (QED) is 0.591. The molecule has 1 aromatic heterocycles. The molecule has 7 nitrogen and oxygen atoms in total. The Kier molecular flexibility index (Phi) is 7.49. The van der Waals surface area contributed by atoms with Crippen LogP contribution in [0.5, 0.6) is 5.75 Å². The number of nitrogens with zero attached hydrogens (tertiary/aromatic N) is 3. The smallest absolute Gasteiger partial charge is 0.314 e. The topological polar surface area (TPSA) is 73.7 Å². The summed E-state index contributed by atoms with van der Waals surface area (Å²) in [6, 6.07) is 9.56. The van der Waals surface area contributed by atoms with E-state index in [0.717, 1.165) is 17.7 Å². The molecule has 0 saturated carbocycles. The van der Waals surface area contributed by atoms with Crippen molar-refractivity contribution in [2.24, 2.45) is 12.5 Å². The zero-order valence-corrected chi connectivity index (χ0v) is 17.9. The maximum Gasteiger partial charge on any atom is 0.314 e. The van der Waals surface area contributed by atoms with Crippen LogP contribution < -0.4 is 4.74 Å². The summed E-state index contributed by atoms with van der Waals surface area (Å²) in [7, 11) is 1.86. The summed E-state index contributed by atoms with van der Waals surface area (Å²) in [5, 5.41) is 4.15. The molecular formula is C23H31N3O4. The van der Waals surface area contributed by atoms with Gasteiger partial charge in [-0.3, -0.25) is 14.3 Å². The van der Waals surface area contributed by atoms with Crippen LogP contribution >= 0.6 is 0 Å². The van der Waals surface area contributed by atoms with Gasteiger partial charge in [-0.25, -0.2) is 0 Å². The minimum atomic E-state index is -0.715. The Morgan fingerprint density at radius 1 is 1.23 bits per heavy atom. The fourth-order valence-electron chi connectivity index (χ4n) is 3.99. The van der Waals surface area contributed by atoms with Gasteiger partial charge in [0.1, 0.15) is 5.75 Å². The molecule has 1 unspecified atom stereocenters. The van der Waals surface area contributed by atoms with Crippen molar-refractivity contribution < 1.29 is 19.1 Å². The van der Waals surface area contributed by atoms with Crippen LogP contribution in [-0.2, 0) is 27.8 Å². The number of carbonyl (C=O) groups is 2. The van der Waals surface area contributed by atoms with Crippen molar-refractivity contribution >= 4 is 11.9 Å². The first-order valence-corrected chi connectivity index (χ1v) is 10.6. The van der Waals surface area contributed by atoms with Crippen LogP contribution in [0.2, 0.25) is 0 Å². The Labute approximate surface area is 178 Å². The maximum absolute atomic E-state index is 12.9. The van der Waals surface area contributed by atoms with E-state index in [9.17, 15) is 9.59 Å². The van der Waals surface area contributed by atoms with E-state index in [1.165, 1.54) is 0 Å². The van der Waals surface area contributed by atoms with E-state index in [1.807, 2.05) is 55.4 Å². The minimum Gasteiger partial charge on any atom is -0.494 e. The number of ether oxygens (including phenoxy) is 2. The monoisotopic (exact) mass is 413 g/mol. The summed E-state index contributed by atoms with van der Waals surface area (Å²) in [4.78, 5) is 27.6. The standard InChI is InChI=1S/C23H31N3O4/c1-3-29-22(28)23(13-15-30-20-8-5-4-6-9-20)12-7-14-26(18-23)21(27)11-10-19-16-24-25(2)17-19/h4-6,8-9,16-17H,3,7,10-15,18H2,1-2H3. The number of piperidine rings is 1. The highest BCUT2D eigenvalue weighted by atomic mass is 16.5. The first kappa shape index (κ1) is 21.9. The zero-order valence-electron chi connectivity index (χ0n) is 17.9. The number of esters is 1. The third-order valence-electron chi connectivity index (χ3n) is 5.62. The molecule has 1 saturated heterocycles. The zero-order chi connectivity index (χ0) is 21.4. The molecule has 0 radical (unpaired) electrons. The average Bonchev–Trinajstić information content (AvgIpc) is 3.18. The average molecular weight is 414 g/mol. The van der Waals surface area contributed by atoms with Crippen LogP contribution in [-0.4, -0.2) is 52.9 Å². The molecular weight excluding hydrogens is 382 g/mol. The molecule has 2 aromatic rings. The van der Waals surface area contributed by atoms with E-state index in [1.54, 1.807) is 10.9 Å². The molecule has 0 N–H and O–H groups in total. The van der Waals surface area contributed by atoms with Gasteiger partial charge in [0.05, 0.1) is 24.8 Å². The predicted octanol–water partition coefficient (Wildman–Crippen LogP) is 2.99. The number of amides is 1. The Morgan fingerprint density at radius 2 is 2.03 bits per heavy atom. The van der Waals surface area contributed by atoms with Gasteiger partial charge in [0.2, 0.25) is 5.91 Å². The molecule has 1 fully saturated rings. The highest BCUT2D eigenvalue weighted by Crippen LogP contribution is 2.35. The molecule has 30 heavy (non-hydrogen) atoms. The predicted molar refractivity (Wildman–Crippen MR) is 113 cm³/mol. The van der Waals surface area contributed by atoms with Gasteiger partial charge in [-0.05, 0) is 50.3 Å². The Hall–Kier alpha value is -2.83. The molecule has 1 aliphatic rings. The maximum atomic E-state index is 12.9. The fourth-order valence-corrected chi connectivity index (χ4v) is 3.99. The van der Waals surface area contributed by atoms with Gasteiger partial charge >= 0.3 is 5.97 Å². The molecule has 1 aliphatic heterocycles. The third-order valence-corrected chi connectivity index (χ3v) is 5.62. The number of rotatable bonds is 9. The molecule has 1 amide bonds. The molecule has 0 spiro atoms. The lowest BCUT2D eigenvalue weighted by Crippen LogP contribution is -2.51. The van der Waals surface area contributed by atoms with Gasteiger partial charge in [-0.1, -0.05) is 18.2 Å². The van der Waals surface area contributed by atoms with Crippen molar-refractivity contribution in [1.29, 1.82) is 0 Å². The summed E-state index contributed by atoms with van der Waals surface area (Å²) in [6.07, 6.45) is 6.77. The first-order valence-electron chi connectivity index (χ1n) is 10.6. The second kappa shape index (κ2) is 10.3. The van der Waals surface area contributed by atoms with Crippen LogP contribution in [0.4, 0.5) is 0 Å². The van der Waals surface area contributed by atoms with E-state index in [-0.39, 0.29) is 11.9 Å². The van der Waals surface area contributed by atoms with Gasteiger partial charge in [0, 0.05) is 32.8 Å². The number of carbonyl (C=O) groups excluding carboxylic acids is 2. The van der Waals surface area contributed by atoms with Crippen LogP contribution in [0, 0.1) is 5.41 Å². The van der Waals surface area contributed by atoms with E-state index in [0.29, 0.717) is 52.0 Å². The summed E-state index contributed by atoms with van der Waals surface area (Å²) >= 11 is 0. The van der Waals surface area contributed by atoms with Gasteiger partial charge in [-0.15, -0.1) is 0 Å². The molecule has 3 rings (SSSR count). The lowest BCUT2D eigenvalue weighted by atomic mass is 9.77. The first-order chi connectivity index (χ1) is 14.5. The van der Waals surface area contributed by atoms with Gasteiger partial charge < -0.3 is 14.4 Å². The van der Waals surface area contributed by atoms with E-state index in [2.05, 4.69) is 5.10 Å². The Balaban J connectivity index is 1.62. The van der Waals surface area contributed by atoms with Crippen LogP contribution in [0.15, 0.2) is 42.7 Å². The van der Waals surface area contributed by atoms with Crippen molar-refractivity contribution in [3.63, 3.8) is 0 Å². The number of hydrogen-bond acceptors (Lipinski definition) is 5. The van der Waals surface area contributed by atoms with Gasteiger partial charge in [0.15, 0.2) is 0 Å². The van der Waals surface area contributed by atoms with E-state index in [4.69, 9.17) is 9.47 Å². The Morgan fingerprint density at radius 3 is 2.73 bits per heavy atom. The van der Waals surface area contributed by atoms with E-state index >= 15 is 0 Å². The normalized spacial score (nSPS) is 18.8. The fraction of sp³-hybridized carbons (Fsp3) is 0.522. The minimum absolute atomic E-state index is 0.0659. The summed E-state index contributed by atoms with van der Waals surface area (Å²) in [5.74, 6) is 0.611. The van der Waals surface area contributed by atoms with Gasteiger partial charge in [-0.2, -0.15) is 5.10 Å². The molecule has 162 valence electrons. The number of para-hydroxylation sites is 1. The van der Waals surface area contributed by atoms with Crippen molar-refractivity contribution in [2.45, 2.75) is 39.0 Å². The summed E-state index contributed by atoms with van der Waals surface area (Å²) in [5.41, 5.74) is 0.322. The van der Waals surface area contributed by atoms with Crippen molar-refractivity contribution in [2.75, 3.05) is 26.3 Å². The second-order valence-electron chi connectivity index (χ2n) is 7.85. The number of aromatic nitrogens is 2. The molecule has 1 aromatic carbocycles. The number of aryl methyl sites for hydroxylation is 2.